The van der Waals surface area contributed by atoms with Crippen LogP contribution in [-0.4, -0.2) is 66.4 Å². The van der Waals surface area contributed by atoms with Crippen molar-refractivity contribution in [3.8, 4) is 11.7 Å². The van der Waals surface area contributed by atoms with Gasteiger partial charge in [-0.05, 0) is 33.1 Å². The Labute approximate surface area is 195 Å². The Kier molecular flexibility index (Phi) is 6.33. The van der Waals surface area contributed by atoms with Crippen LogP contribution < -0.4 is 10.3 Å². The predicted molar refractivity (Wildman–Crippen MR) is 125 cm³/mol. The predicted octanol–water partition coefficient (Wildman–Crippen LogP) is 3.01. The largest absolute Gasteiger partial charge is 0.474 e. The fraction of sp³-hybridized carbons (Fsp3) is 0.500. The van der Waals surface area contributed by atoms with Crippen LogP contribution in [-0.2, 0) is 11.8 Å². The maximum Gasteiger partial charge on any atom is 0.410 e. The van der Waals surface area contributed by atoms with Gasteiger partial charge in [-0.2, -0.15) is 4.98 Å². The number of fused-ring (bicyclic) bond motifs is 1. The highest BCUT2D eigenvalue weighted by molar-refractivity contribution is 7.98. The second kappa shape index (κ2) is 9.05. The molecule has 0 bridgehead atoms. The Morgan fingerprint density at radius 3 is 2.58 bits per heavy atom. The first-order valence-corrected chi connectivity index (χ1v) is 12.0. The second-order valence-electron chi connectivity index (χ2n) is 8.85. The number of hydrogen-bond donors (Lipinski definition) is 0. The summed E-state index contributed by atoms with van der Waals surface area (Å²) in [6, 6.07) is 5.42. The second-order valence-corrected chi connectivity index (χ2v) is 9.63. The monoisotopic (exact) mass is 472 g/mol. The molecule has 1 aliphatic heterocycles. The van der Waals surface area contributed by atoms with Gasteiger partial charge in [0, 0.05) is 45.2 Å². The number of likely N-dealkylation sites (tertiary alicyclic amines) is 1. The van der Waals surface area contributed by atoms with Crippen molar-refractivity contribution in [1.82, 2.24) is 29.2 Å². The van der Waals surface area contributed by atoms with E-state index >= 15 is 0 Å². The average molecular weight is 473 g/mol. The zero-order valence-electron chi connectivity index (χ0n) is 19.4. The molecule has 1 fully saturated rings. The van der Waals surface area contributed by atoms with Gasteiger partial charge in [-0.15, -0.1) is 0 Å². The maximum atomic E-state index is 12.7. The molecule has 4 heterocycles. The molecular weight excluding hydrogens is 444 g/mol. The third-order valence-electron chi connectivity index (χ3n) is 5.26. The quantitative estimate of drug-likeness (QED) is 0.422. The topological polar surface area (TPSA) is 104 Å². The van der Waals surface area contributed by atoms with E-state index in [1.165, 1.54) is 16.4 Å². The molecule has 176 valence electrons. The summed E-state index contributed by atoms with van der Waals surface area (Å²) in [6.07, 6.45) is 4.43. The molecule has 0 unspecified atom stereocenters. The van der Waals surface area contributed by atoms with Crippen molar-refractivity contribution in [3.05, 3.63) is 34.7 Å². The van der Waals surface area contributed by atoms with E-state index in [0.717, 1.165) is 0 Å². The highest BCUT2D eigenvalue weighted by Crippen LogP contribution is 2.22. The number of aromatic nitrogens is 5. The lowest BCUT2D eigenvalue weighted by molar-refractivity contribution is 0.0123. The van der Waals surface area contributed by atoms with Gasteiger partial charge in [0.25, 0.3) is 5.56 Å². The van der Waals surface area contributed by atoms with Crippen molar-refractivity contribution < 1.29 is 14.3 Å². The Morgan fingerprint density at radius 1 is 1.18 bits per heavy atom. The zero-order chi connectivity index (χ0) is 23.8. The van der Waals surface area contributed by atoms with Gasteiger partial charge in [-0.1, -0.05) is 17.8 Å². The summed E-state index contributed by atoms with van der Waals surface area (Å²) in [6.45, 7) is 6.69. The van der Waals surface area contributed by atoms with Gasteiger partial charge in [-0.25, -0.2) is 24.1 Å². The maximum absolute atomic E-state index is 12.7. The van der Waals surface area contributed by atoms with Crippen molar-refractivity contribution in [1.29, 1.82) is 0 Å². The molecule has 0 spiro atoms. The van der Waals surface area contributed by atoms with Crippen molar-refractivity contribution in [2.75, 3.05) is 19.3 Å². The number of piperidine rings is 1. The van der Waals surface area contributed by atoms with Crippen molar-refractivity contribution >= 4 is 28.9 Å². The number of pyridine rings is 1. The highest BCUT2D eigenvalue weighted by atomic mass is 32.2. The van der Waals surface area contributed by atoms with E-state index in [-0.39, 0.29) is 17.8 Å². The van der Waals surface area contributed by atoms with Gasteiger partial charge in [0.2, 0.25) is 5.88 Å². The third kappa shape index (κ3) is 4.97. The molecule has 4 rings (SSSR count). The van der Waals surface area contributed by atoms with Crippen LogP contribution in [0.4, 0.5) is 4.79 Å². The number of hydrogen-bond acceptors (Lipinski definition) is 8. The lowest BCUT2D eigenvalue weighted by atomic mass is 10.1. The fourth-order valence-electron chi connectivity index (χ4n) is 3.68. The van der Waals surface area contributed by atoms with Crippen LogP contribution in [0.15, 0.2) is 34.3 Å². The minimum Gasteiger partial charge on any atom is -0.474 e. The van der Waals surface area contributed by atoms with Crippen LogP contribution in [0.5, 0.6) is 5.88 Å². The molecule has 0 saturated carbocycles. The molecular formula is C22H28N6O4S. The minimum absolute atomic E-state index is 0.0675. The molecule has 0 N–H and O–H groups in total. The van der Waals surface area contributed by atoms with Crippen LogP contribution in [0.2, 0.25) is 0 Å². The molecule has 0 atom stereocenters. The van der Waals surface area contributed by atoms with E-state index in [2.05, 4.69) is 15.0 Å². The standard InChI is InChI=1S/C22H28N6O4S/c1-22(2,3)32-21(30)27-11-9-14(10-12-27)31-17-8-6-7-16(24-17)28-18-15(19(29)26(28)4)13-23-20(25-18)33-5/h6-8,13-14H,9-12H2,1-5H3. The summed E-state index contributed by atoms with van der Waals surface area (Å²) in [5.41, 5.74) is -0.212. The lowest BCUT2D eigenvalue weighted by Gasteiger charge is -2.33. The smallest absolute Gasteiger partial charge is 0.410 e. The number of carbonyl (C=O) groups excluding carboxylic acids is 1. The number of rotatable bonds is 4. The number of thioether (sulfide) groups is 1. The molecule has 3 aromatic heterocycles. The van der Waals surface area contributed by atoms with Crippen LogP contribution in [0.1, 0.15) is 33.6 Å². The van der Waals surface area contributed by atoms with Crippen molar-refractivity contribution in [3.63, 3.8) is 0 Å². The van der Waals surface area contributed by atoms with E-state index < -0.39 is 5.60 Å². The number of nitrogens with zero attached hydrogens (tertiary/aromatic N) is 6. The first-order chi connectivity index (χ1) is 15.7. The van der Waals surface area contributed by atoms with Crippen LogP contribution in [0.25, 0.3) is 16.9 Å². The van der Waals surface area contributed by atoms with Gasteiger partial charge in [-0.3, -0.25) is 4.79 Å². The Bertz CT molecular complexity index is 1220. The molecule has 0 aliphatic carbocycles. The molecule has 3 aromatic rings. The van der Waals surface area contributed by atoms with E-state index in [4.69, 9.17) is 9.47 Å². The SMILES string of the molecule is CSc1ncc2c(=O)n(C)n(-c3cccc(OC4CCN(C(=O)OC(C)(C)C)CC4)n3)c2n1. The summed E-state index contributed by atoms with van der Waals surface area (Å²) in [7, 11) is 1.67. The van der Waals surface area contributed by atoms with Crippen molar-refractivity contribution in [2.24, 2.45) is 7.05 Å². The first-order valence-electron chi connectivity index (χ1n) is 10.8. The summed E-state index contributed by atoms with van der Waals surface area (Å²) in [4.78, 5) is 40.0. The number of amides is 1. The number of carbonyl (C=O) groups is 1. The Hall–Kier alpha value is -3.08. The molecule has 0 aromatic carbocycles. The Morgan fingerprint density at radius 2 is 1.91 bits per heavy atom. The minimum atomic E-state index is -0.515. The van der Waals surface area contributed by atoms with Crippen LogP contribution >= 0.6 is 11.8 Å². The third-order valence-corrected chi connectivity index (χ3v) is 5.82. The van der Waals surface area contributed by atoms with Crippen LogP contribution in [0.3, 0.4) is 0 Å². The summed E-state index contributed by atoms with van der Waals surface area (Å²) >= 11 is 1.41. The van der Waals surface area contributed by atoms with Crippen molar-refractivity contribution in [2.45, 2.75) is 50.5 Å². The molecule has 1 saturated heterocycles. The van der Waals surface area contributed by atoms with E-state index in [0.29, 0.717) is 53.8 Å². The van der Waals surface area contributed by atoms with Gasteiger partial charge >= 0.3 is 6.09 Å². The molecule has 0 radical (unpaired) electrons. The molecule has 33 heavy (non-hydrogen) atoms. The molecule has 11 heteroatoms. The molecule has 10 nitrogen and oxygen atoms in total. The summed E-state index contributed by atoms with van der Waals surface area (Å²) in [5, 5.41) is 1.00. The van der Waals surface area contributed by atoms with Gasteiger partial charge in [0.1, 0.15) is 17.1 Å². The zero-order valence-corrected chi connectivity index (χ0v) is 20.3. The van der Waals surface area contributed by atoms with Crippen LogP contribution in [0, 0.1) is 0 Å². The molecule has 1 amide bonds. The highest BCUT2D eigenvalue weighted by Gasteiger charge is 2.28. The van der Waals surface area contributed by atoms with E-state index in [1.54, 1.807) is 35.0 Å². The fourth-order valence-corrected chi connectivity index (χ4v) is 4.01. The van der Waals surface area contributed by atoms with Gasteiger partial charge in [0.15, 0.2) is 16.6 Å². The molecule has 1 aliphatic rings. The van der Waals surface area contributed by atoms with E-state index in [1.807, 2.05) is 33.1 Å². The normalized spacial score (nSPS) is 15.1. The van der Waals surface area contributed by atoms with Gasteiger partial charge in [0.05, 0.1) is 0 Å². The number of ether oxygens (including phenoxy) is 2. The summed E-state index contributed by atoms with van der Waals surface area (Å²) in [5.74, 6) is 0.982. The first kappa shape index (κ1) is 23.1. The average Bonchev–Trinajstić information content (AvgIpc) is 3.02. The summed E-state index contributed by atoms with van der Waals surface area (Å²) < 4.78 is 14.7. The Balaban J connectivity index is 1.51. The van der Waals surface area contributed by atoms with E-state index in [9.17, 15) is 9.59 Å². The lowest BCUT2D eigenvalue weighted by Crippen LogP contribution is -2.44. The van der Waals surface area contributed by atoms with Gasteiger partial charge < -0.3 is 14.4 Å².